The molecule has 1 heterocycles. The first-order valence-corrected chi connectivity index (χ1v) is 13.6. The molecule has 1 saturated heterocycles. The van der Waals surface area contributed by atoms with Crippen LogP contribution in [0.4, 0.5) is 5.69 Å². The van der Waals surface area contributed by atoms with Gasteiger partial charge in [0.1, 0.15) is 6.54 Å². The number of nitrogens with one attached hydrogen (secondary N) is 1. The van der Waals surface area contributed by atoms with E-state index >= 15 is 0 Å². The monoisotopic (exact) mass is 557 g/mol. The molecule has 0 aliphatic carbocycles. The van der Waals surface area contributed by atoms with Gasteiger partial charge in [-0.05, 0) is 47.5 Å². The number of halogens is 1. The molecule has 3 aromatic rings. The van der Waals surface area contributed by atoms with Crippen LogP contribution in [0.25, 0.3) is 0 Å². The Morgan fingerprint density at radius 1 is 0.943 bits per heavy atom. The smallest absolute Gasteiger partial charge is 0.264 e. The van der Waals surface area contributed by atoms with Crippen molar-refractivity contribution in [3.8, 4) is 0 Å². The summed E-state index contributed by atoms with van der Waals surface area (Å²) < 4.78 is 34.1. The highest BCUT2D eigenvalue weighted by Gasteiger charge is 2.27. The fourth-order valence-electron chi connectivity index (χ4n) is 3.88. The summed E-state index contributed by atoms with van der Waals surface area (Å²) in [6.45, 7) is 4.12. The zero-order valence-electron chi connectivity index (χ0n) is 19.3. The predicted molar refractivity (Wildman–Crippen MR) is 140 cm³/mol. The number of benzene rings is 3. The van der Waals surface area contributed by atoms with Gasteiger partial charge in [0.15, 0.2) is 0 Å². The number of anilines is 1. The summed E-state index contributed by atoms with van der Waals surface area (Å²) in [4.78, 5) is 15.4. The zero-order chi connectivity index (χ0) is 24.7. The van der Waals surface area contributed by atoms with Gasteiger partial charge in [0.25, 0.3) is 10.0 Å². The summed E-state index contributed by atoms with van der Waals surface area (Å²) in [5.41, 5.74) is 2.55. The van der Waals surface area contributed by atoms with Gasteiger partial charge in [-0.1, -0.05) is 58.4 Å². The Labute approximate surface area is 214 Å². The van der Waals surface area contributed by atoms with Crippen molar-refractivity contribution in [1.82, 2.24) is 10.2 Å². The van der Waals surface area contributed by atoms with E-state index in [9.17, 15) is 13.2 Å². The highest BCUT2D eigenvalue weighted by molar-refractivity contribution is 9.10. The molecular weight excluding hydrogens is 530 g/mol. The van der Waals surface area contributed by atoms with Crippen LogP contribution in [0.5, 0.6) is 0 Å². The van der Waals surface area contributed by atoms with E-state index in [0.717, 1.165) is 47.2 Å². The first-order valence-electron chi connectivity index (χ1n) is 11.4. The molecule has 1 aliphatic rings. The quantitative estimate of drug-likeness (QED) is 0.433. The molecule has 0 bridgehead atoms. The summed E-state index contributed by atoms with van der Waals surface area (Å²) in [5.74, 6) is -0.383. The summed E-state index contributed by atoms with van der Waals surface area (Å²) >= 11 is 3.37. The van der Waals surface area contributed by atoms with Crippen molar-refractivity contribution in [2.24, 2.45) is 0 Å². The maximum absolute atomic E-state index is 13.4. The van der Waals surface area contributed by atoms with Gasteiger partial charge in [-0.3, -0.25) is 14.0 Å². The first kappa shape index (κ1) is 25.4. The molecule has 1 fully saturated rings. The fourth-order valence-corrected chi connectivity index (χ4v) is 5.59. The van der Waals surface area contributed by atoms with Crippen molar-refractivity contribution in [2.45, 2.75) is 18.0 Å². The number of hydrogen-bond acceptors (Lipinski definition) is 5. The lowest BCUT2D eigenvalue weighted by molar-refractivity contribution is -0.119. The third-order valence-electron chi connectivity index (χ3n) is 5.72. The average molecular weight is 558 g/mol. The SMILES string of the molecule is O=C(CN(c1ccc(Br)cc1)S(=O)(=O)c1ccccc1)NCc1cccc(CN2CCOCC2)c1. The van der Waals surface area contributed by atoms with Gasteiger partial charge in [-0.25, -0.2) is 8.42 Å². The van der Waals surface area contributed by atoms with Crippen molar-refractivity contribution in [2.75, 3.05) is 37.2 Å². The number of hydrogen-bond donors (Lipinski definition) is 1. The molecule has 0 aromatic heterocycles. The summed E-state index contributed by atoms with van der Waals surface area (Å²) in [7, 11) is -3.93. The van der Waals surface area contributed by atoms with Crippen molar-refractivity contribution in [1.29, 1.82) is 0 Å². The van der Waals surface area contributed by atoms with Crippen molar-refractivity contribution < 1.29 is 17.9 Å². The number of ether oxygens (including phenoxy) is 1. The predicted octanol–water partition coefficient (Wildman–Crippen LogP) is 3.79. The molecule has 4 rings (SSSR count). The number of nitrogens with zero attached hydrogens (tertiary/aromatic N) is 2. The van der Waals surface area contributed by atoms with Gasteiger partial charge in [0, 0.05) is 30.7 Å². The normalized spacial score (nSPS) is 14.4. The molecular formula is C26H28BrN3O4S. The molecule has 0 saturated carbocycles. The Morgan fingerprint density at radius 2 is 1.63 bits per heavy atom. The lowest BCUT2D eigenvalue weighted by Gasteiger charge is -2.26. The van der Waals surface area contributed by atoms with E-state index in [1.807, 2.05) is 12.1 Å². The molecule has 0 atom stereocenters. The van der Waals surface area contributed by atoms with E-state index in [1.54, 1.807) is 42.5 Å². The van der Waals surface area contributed by atoms with Gasteiger partial charge in [0.2, 0.25) is 5.91 Å². The topological polar surface area (TPSA) is 79.0 Å². The number of carbonyl (C=O) groups excluding carboxylic acids is 1. The lowest BCUT2D eigenvalue weighted by atomic mass is 10.1. The summed E-state index contributed by atoms with van der Waals surface area (Å²) in [6, 6.07) is 23.1. The van der Waals surface area contributed by atoms with Crippen molar-refractivity contribution >= 4 is 37.5 Å². The molecule has 1 aliphatic heterocycles. The minimum Gasteiger partial charge on any atom is -0.379 e. The van der Waals surface area contributed by atoms with Gasteiger partial charge < -0.3 is 10.1 Å². The van der Waals surface area contributed by atoms with Crippen molar-refractivity contribution in [3.05, 3.63) is 94.5 Å². The maximum Gasteiger partial charge on any atom is 0.264 e. The second-order valence-electron chi connectivity index (χ2n) is 8.29. The van der Waals surface area contributed by atoms with E-state index in [2.05, 4.69) is 38.3 Å². The second kappa shape index (κ2) is 11.8. The number of rotatable bonds is 9. The second-order valence-corrected chi connectivity index (χ2v) is 11.1. The Morgan fingerprint density at radius 3 is 2.34 bits per heavy atom. The minimum absolute atomic E-state index is 0.131. The van der Waals surface area contributed by atoms with Crippen LogP contribution >= 0.6 is 15.9 Å². The van der Waals surface area contributed by atoms with Gasteiger partial charge in [-0.15, -0.1) is 0 Å². The molecule has 0 radical (unpaired) electrons. The minimum atomic E-state index is -3.93. The summed E-state index contributed by atoms with van der Waals surface area (Å²) in [5, 5.41) is 2.88. The molecule has 7 nitrogen and oxygen atoms in total. The molecule has 184 valence electrons. The molecule has 1 N–H and O–H groups in total. The fraction of sp³-hybridized carbons (Fsp3) is 0.269. The van der Waals surface area contributed by atoms with Crippen LogP contribution < -0.4 is 9.62 Å². The van der Waals surface area contributed by atoms with Crippen LogP contribution in [0.15, 0.2) is 88.2 Å². The number of carbonyl (C=O) groups is 1. The molecule has 9 heteroatoms. The lowest BCUT2D eigenvalue weighted by Crippen LogP contribution is -2.40. The number of amides is 1. The van der Waals surface area contributed by atoms with Crippen LogP contribution in [0, 0.1) is 0 Å². The third-order valence-corrected chi connectivity index (χ3v) is 8.04. The van der Waals surface area contributed by atoms with E-state index in [1.165, 1.54) is 17.7 Å². The Balaban J connectivity index is 1.45. The van der Waals surface area contributed by atoms with E-state index in [0.29, 0.717) is 12.2 Å². The standard InChI is InChI=1S/C26H28BrN3O4S/c27-23-9-11-24(12-10-23)30(35(32,33)25-7-2-1-3-8-25)20-26(31)28-18-21-5-4-6-22(17-21)19-29-13-15-34-16-14-29/h1-12,17H,13-16,18-20H2,(H,28,31). The Hall–Kier alpha value is -2.72. The highest BCUT2D eigenvalue weighted by atomic mass is 79.9. The molecule has 1 amide bonds. The van der Waals surface area contributed by atoms with Crippen LogP contribution in [-0.4, -0.2) is 52.1 Å². The number of morpholine rings is 1. The summed E-state index contributed by atoms with van der Waals surface area (Å²) in [6.07, 6.45) is 0. The van der Waals surface area contributed by atoms with Gasteiger partial charge in [0.05, 0.1) is 23.8 Å². The molecule has 0 unspecified atom stereocenters. The Bertz CT molecular complexity index is 1230. The first-order chi connectivity index (χ1) is 16.9. The Kier molecular flexibility index (Phi) is 8.56. The molecule has 0 spiro atoms. The van der Waals surface area contributed by atoms with E-state index < -0.39 is 10.0 Å². The highest BCUT2D eigenvalue weighted by Crippen LogP contribution is 2.25. The average Bonchev–Trinajstić information content (AvgIpc) is 2.88. The van der Waals surface area contributed by atoms with E-state index in [-0.39, 0.29) is 17.3 Å². The van der Waals surface area contributed by atoms with Crippen LogP contribution in [0.1, 0.15) is 11.1 Å². The van der Waals surface area contributed by atoms with Crippen LogP contribution in [0.3, 0.4) is 0 Å². The molecule has 35 heavy (non-hydrogen) atoms. The molecule has 3 aromatic carbocycles. The third kappa shape index (κ3) is 6.91. The van der Waals surface area contributed by atoms with Gasteiger partial charge >= 0.3 is 0 Å². The van der Waals surface area contributed by atoms with Crippen LogP contribution in [-0.2, 0) is 32.6 Å². The van der Waals surface area contributed by atoms with Crippen LogP contribution in [0.2, 0.25) is 0 Å². The van der Waals surface area contributed by atoms with Crippen molar-refractivity contribution in [3.63, 3.8) is 0 Å². The largest absolute Gasteiger partial charge is 0.379 e. The number of sulfonamides is 1. The van der Waals surface area contributed by atoms with Gasteiger partial charge in [-0.2, -0.15) is 0 Å². The maximum atomic E-state index is 13.4. The zero-order valence-corrected chi connectivity index (χ0v) is 21.7. The van der Waals surface area contributed by atoms with E-state index in [4.69, 9.17) is 4.74 Å².